The predicted octanol–water partition coefficient (Wildman–Crippen LogP) is 3.27. The lowest BCUT2D eigenvalue weighted by Gasteiger charge is -2.16. The summed E-state index contributed by atoms with van der Waals surface area (Å²) in [6.07, 6.45) is -0.771. The lowest BCUT2D eigenvalue weighted by atomic mass is 10.0. The Morgan fingerprint density at radius 1 is 1.26 bits per heavy atom. The van der Waals surface area contributed by atoms with Crippen molar-refractivity contribution < 1.29 is 22.6 Å². The number of nitrogens with one attached hydrogen (secondary N) is 1. The molecule has 146 valence electrons. The second kappa shape index (κ2) is 8.14. The van der Waals surface area contributed by atoms with Crippen LogP contribution in [0.3, 0.4) is 0 Å². The molecule has 27 heavy (non-hydrogen) atoms. The fourth-order valence-corrected chi connectivity index (χ4v) is 3.20. The third kappa shape index (κ3) is 4.51. The molecule has 1 fully saturated rings. The van der Waals surface area contributed by atoms with Crippen molar-refractivity contribution in [1.29, 1.82) is 0 Å². The van der Waals surface area contributed by atoms with Crippen LogP contribution in [0.25, 0.3) is 11.1 Å². The number of hydrogen-bond acceptors (Lipinski definition) is 4. The quantitative estimate of drug-likeness (QED) is 0.780. The molecule has 1 aliphatic heterocycles. The minimum absolute atomic E-state index is 0.0412. The number of pyridine rings is 1. The molecule has 0 bridgehead atoms. The van der Waals surface area contributed by atoms with Crippen molar-refractivity contribution in [1.82, 2.24) is 9.88 Å². The van der Waals surface area contributed by atoms with Crippen molar-refractivity contribution in [2.24, 2.45) is 0 Å². The Morgan fingerprint density at radius 2 is 2.07 bits per heavy atom. The normalized spacial score (nSPS) is 17.3. The first-order valence-electron chi connectivity index (χ1n) is 8.66. The summed E-state index contributed by atoms with van der Waals surface area (Å²) in [5, 5.41) is 3.33. The highest BCUT2D eigenvalue weighted by Crippen LogP contribution is 2.36. The highest BCUT2D eigenvalue weighted by molar-refractivity contribution is 5.70. The van der Waals surface area contributed by atoms with Gasteiger partial charge in [-0.1, -0.05) is 0 Å². The van der Waals surface area contributed by atoms with Gasteiger partial charge in [-0.05, 0) is 49.7 Å². The molecule has 1 N–H and O–H groups in total. The molecule has 8 heteroatoms. The fraction of sp³-hybridized carbons (Fsp3) is 0.421. The van der Waals surface area contributed by atoms with Gasteiger partial charge in [0.25, 0.3) is 5.56 Å². The third-order valence-electron chi connectivity index (χ3n) is 4.53. The first kappa shape index (κ1) is 19.4. The van der Waals surface area contributed by atoms with Crippen LogP contribution in [0, 0.1) is 0 Å². The lowest BCUT2D eigenvalue weighted by molar-refractivity contribution is -0.137. The fourth-order valence-electron chi connectivity index (χ4n) is 3.20. The zero-order valence-electron chi connectivity index (χ0n) is 14.9. The Bertz CT molecular complexity index is 843. The molecule has 0 spiro atoms. The second-order valence-corrected chi connectivity index (χ2v) is 6.43. The summed E-state index contributed by atoms with van der Waals surface area (Å²) in [5.41, 5.74) is -0.522. The minimum Gasteiger partial charge on any atom is -0.467 e. The summed E-state index contributed by atoms with van der Waals surface area (Å²) >= 11 is 0. The molecular formula is C19H21F3N2O3. The van der Waals surface area contributed by atoms with Gasteiger partial charge in [-0.15, -0.1) is 0 Å². The van der Waals surface area contributed by atoms with Crippen LogP contribution in [0.5, 0.6) is 5.75 Å². The average molecular weight is 382 g/mol. The van der Waals surface area contributed by atoms with Gasteiger partial charge in [0.2, 0.25) is 0 Å². The summed E-state index contributed by atoms with van der Waals surface area (Å²) < 4.78 is 50.8. The SMILES string of the molecule is COCOc1cc(C(F)(F)F)ccc1-c1cccn(CC2CCCN2)c1=O. The van der Waals surface area contributed by atoms with E-state index in [1.165, 1.54) is 13.2 Å². The van der Waals surface area contributed by atoms with Crippen LogP contribution < -0.4 is 15.6 Å². The third-order valence-corrected chi connectivity index (χ3v) is 4.53. The molecular weight excluding hydrogens is 361 g/mol. The summed E-state index contributed by atoms with van der Waals surface area (Å²) in [4.78, 5) is 12.9. The summed E-state index contributed by atoms with van der Waals surface area (Å²) in [5.74, 6) is -0.0412. The van der Waals surface area contributed by atoms with Gasteiger partial charge in [0.1, 0.15) is 5.75 Å². The number of aromatic nitrogens is 1. The molecule has 0 saturated carbocycles. The van der Waals surface area contributed by atoms with E-state index in [9.17, 15) is 18.0 Å². The number of methoxy groups -OCH3 is 1. The molecule has 0 radical (unpaired) electrons. The van der Waals surface area contributed by atoms with Crippen molar-refractivity contribution in [3.8, 4) is 16.9 Å². The maximum atomic E-state index is 13.0. The molecule has 1 atom stereocenters. The van der Waals surface area contributed by atoms with Crippen molar-refractivity contribution >= 4 is 0 Å². The first-order chi connectivity index (χ1) is 12.9. The van der Waals surface area contributed by atoms with Crippen molar-refractivity contribution in [3.05, 3.63) is 52.4 Å². The number of ether oxygens (including phenoxy) is 2. The standard InChI is InChI=1S/C19H21F3N2O3/c1-26-12-27-17-10-13(19(20,21)22)6-7-15(17)16-5-3-9-24(18(16)25)11-14-4-2-8-23-14/h3,5-7,9-10,14,23H,2,4,8,11-12H2,1H3. The summed E-state index contributed by atoms with van der Waals surface area (Å²) in [6.45, 7) is 1.22. The van der Waals surface area contributed by atoms with E-state index in [0.29, 0.717) is 12.1 Å². The summed E-state index contributed by atoms with van der Waals surface area (Å²) in [7, 11) is 1.37. The topological polar surface area (TPSA) is 52.5 Å². The van der Waals surface area contributed by atoms with Crippen LogP contribution >= 0.6 is 0 Å². The smallest absolute Gasteiger partial charge is 0.416 e. The van der Waals surface area contributed by atoms with Gasteiger partial charge in [-0.2, -0.15) is 13.2 Å². The minimum atomic E-state index is -4.51. The number of alkyl halides is 3. The van der Waals surface area contributed by atoms with E-state index in [0.717, 1.165) is 31.5 Å². The molecule has 3 rings (SSSR count). The number of benzene rings is 1. The van der Waals surface area contributed by atoms with E-state index < -0.39 is 11.7 Å². The lowest BCUT2D eigenvalue weighted by Crippen LogP contribution is -2.32. The van der Waals surface area contributed by atoms with E-state index in [1.54, 1.807) is 22.9 Å². The van der Waals surface area contributed by atoms with Gasteiger partial charge < -0.3 is 19.4 Å². The monoisotopic (exact) mass is 382 g/mol. The molecule has 1 aliphatic rings. The number of hydrogen-bond donors (Lipinski definition) is 1. The van der Waals surface area contributed by atoms with Crippen LogP contribution in [0.15, 0.2) is 41.3 Å². The van der Waals surface area contributed by atoms with Gasteiger partial charge in [0, 0.05) is 31.5 Å². The Hall–Kier alpha value is -2.32. The maximum absolute atomic E-state index is 13.0. The van der Waals surface area contributed by atoms with Crippen molar-refractivity contribution in [3.63, 3.8) is 0 Å². The molecule has 0 aliphatic carbocycles. The van der Waals surface area contributed by atoms with Crippen molar-refractivity contribution in [2.45, 2.75) is 31.6 Å². The van der Waals surface area contributed by atoms with E-state index in [2.05, 4.69) is 5.32 Å². The molecule has 1 saturated heterocycles. The average Bonchev–Trinajstić information content (AvgIpc) is 3.14. The highest BCUT2D eigenvalue weighted by atomic mass is 19.4. The Kier molecular flexibility index (Phi) is 5.86. The molecule has 5 nitrogen and oxygen atoms in total. The largest absolute Gasteiger partial charge is 0.467 e. The molecule has 2 aromatic rings. The zero-order chi connectivity index (χ0) is 19.4. The predicted molar refractivity (Wildman–Crippen MR) is 94.7 cm³/mol. The second-order valence-electron chi connectivity index (χ2n) is 6.43. The van der Waals surface area contributed by atoms with Crippen LogP contribution in [0.1, 0.15) is 18.4 Å². The van der Waals surface area contributed by atoms with Crippen LogP contribution in [0.2, 0.25) is 0 Å². The Morgan fingerprint density at radius 3 is 2.74 bits per heavy atom. The molecule has 1 aromatic heterocycles. The van der Waals surface area contributed by atoms with Crippen LogP contribution in [-0.4, -0.2) is 31.1 Å². The number of rotatable bonds is 6. The van der Waals surface area contributed by atoms with E-state index >= 15 is 0 Å². The van der Waals surface area contributed by atoms with Gasteiger partial charge in [-0.3, -0.25) is 4.79 Å². The van der Waals surface area contributed by atoms with Crippen LogP contribution in [-0.2, 0) is 17.5 Å². The maximum Gasteiger partial charge on any atom is 0.416 e. The molecule has 2 heterocycles. The van der Waals surface area contributed by atoms with Gasteiger partial charge >= 0.3 is 6.18 Å². The Labute approximate surface area is 154 Å². The van der Waals surface area contributed by atoms with Crippen molar-refractivity contribution in [2.75, 3.05) is 20.4 Å². The van der Waals surface area contributed by atoms with Gasteiger partial charge in [0.05, 0.1) is 11.1 Å². The number of halogens is 3. The molecule has 1 unspecified atom stereocenters. The highest BCUT2D eigenvalue weighted by Gasteiger charge is 2.31. The zero-order valence-corrected chi connectivity index (χ0v) is 14.9. The molecule has 0 amide bonds. The first-order valence-corrected chi connectivity index (χ1v) is 8.66. The van der Waals surface area contributed by atoms with E-state index in [4.69, 9.17) is 9.47 Å². The van der Waals surface area contributed by atoms with Gasteiger partial charge in [0.15, 0.2) is 6.79 Å². The number of nitrogens with zero attached hydrogens (tertiary/aromatic N) is 1. The van der Waals surface area contributed by atoms with E-state index in [-0.39, 0.29) is 29.7 Å². The summed E-state index contributed by atoms with van der Waals surface area (Å²) in [6, 6.07) is 6.62. The van der Waals surface area contributed by atoms with Gasteiger partial charge in [-0.25, -0.2) is 0 Å². The molecule has 1 aromatic carbocycles. The Balaban J connectivity index is 2.00. The van der Waals surface area contributed by atoms with Crippen LogP contribution in [0.4, 0.5) is 13.2 Å². The van der Waals surface area contributed by atoms with E-state index in [1.807, 2.05) is 0 Å².